The minimum Gasteiger partial charge on any atom is -0.483 e. The summed E-state index contributed by atoms with van der Waals surface area (Å²) in [5.74, 6) is 2.54. The van der Waals surface area contributed by atoms with E-state index in [0.29, 0.717) is 27.3 Å². The van der Waals surface area contributed by atoms with E-state index in [1.165, 1.54) is 0 Å². The summed E-state index contributed by atoms with van der Waals surface area (Å²) in [6.45, 7) is 2.25. The average Bonchev–Trinajstić information content (AvgIpc) is 3.22. The minimum atomic E-state index is 0.209. The number of furan rings is 1. The molecule has 0 fully saturated rings. The Bertz CT molecular complexity index is 858. The Morgan fingerprint density at radius 2 is 2.08 bits per heavy atom. The first-order valence-corrected chi connectivity index (χ1v) is 9.14. The van der Waals surface area contributed by atoms with Gasteiger partial charge in [-0.2, -0.15) is 9.78 Å². The summed E-state index contributed by atoms with van der Waals surface area (Å²) in [5, 5.41) is 13.7. The van der Waals surface area contributed by atoms with Crippen LogP contribution in [-0.2, 0) is 6.61 Å². The molecule has 130 valence electrons. The highest BCUT2D eigenvalue weighted by Crippen LogP contribution is 2.33. The number of benzene rings is 1. The van der Waals surface area contributed by atoms with Crippen molar-refractivity contribution in [2.24, 2.45) is 5.10 Å². The third-order valence-corrected chi connectivity index (χ3v) is 4.45. The summed E-state index contributed by atoms with van der Waals surface area (Å²) < 4.78 is 12.9. The standard InChI is InChI=1S/C16H14Cl2N4O2S/c1-2-25-16-21-19-10-22(16)20-8-11-6-7-12(24-11)9-23-15-13(17)4-3-5-14(15)18/h3-8,10H,2,9H2,1H3/b20-8+. The van der Waals surface area contributed by atoms with Gasteiger partial charge in [-0.3, -0.25) is 0 Å². The lowest BCUT2D eigenvalue weighted by atomic mass is 10.3. The van der Waals surface area contributed by atoms with Crippen LogP contribution in [0.5, 0.6) is 5.75 Å². The molecular formula is C16H14Cl2N4O2S. The van der Waals surface area contributed by atoms with Gasteiger partial charge < -0.3 is 9.15 Å². The summed E-state index contributed by atoms with van der Waals surface area (Å²) in [6, 6.07) is 8.80. The van der Waals surface area contributed by atoms with Crippen LogP contribution in [0.15, 0.2) is 51.3 Å². The normalized spacial score (nSPS) is 11.3. The highest BCUT2D eigenvalue weighted by atomic mass is 35.5. The monoisotopic (exact) mass is 396 g/mol. The van der Waals surface area contributed by atoms with Gasteiger partial charge in [0.2, 0.25) is 5.16 Å². The molecule has 0 atom stereocenters. The SMILES string of the molecule is CCSc1nncn1/N=C/c1ccc(COc2c(Cl)cccc2Cl)o1. The lowest BCUT2D eigenvalue weighted by molar-refractivity contribution is 0.270. The number of ether oxygens (including phenoxy) is 1. The fraction of sp³-hybridized carbons (Fsp3) is 0.188. The van der Waals surface area contributed by atoms with Gasteiger partial charge in [0.15, 0.2) is 5.75 Å². The molecule has 0 spiro atoms. The fourth-order valence-electron chi connectivity index (χ4n) is 1.95. The predicted molar refractivity (Wildman–Crippen MR) is 98.9 cm³/mol. The number of halogens is 2. The molecule has 0 amide bonds. The second-order valence-corrected chi connectivity index (χ2v) is 6.82. The molecular weight excluding hydrogens is 383 g/mol. The van der Waals surface area contributed by atoms with Crippen LogP contribution in [0.3, 0.4) is 0 Å². The van der Waals surface area contributed by atoms with E-state index in [0.717, 1.165) is 10.9 Å². The second kappa shape index (κ2) is 8.42. The van der Waals surface area contributed by atoms with Crippen LogP contribution in [0.1, 0.15) is 18.4 Å². The molecule has 1 aromatic carbocycles. The quantitative estimate of drug-likeness (QED) is 0.425. The van der Waals surface area contributed by atoms with Crippen LogP contribution in [0, 0.1) is 0 Å². The third kappa shape index (κ3) is 4.56. The van der Waals surface area contributed by atoms with E-state index in [-0.39, 0.29) is 6.61 Å². The molecule has 25 heavy (non-hydrogen) atoms. The molecule has 0 aliphatic rings. The van der Waals surface area contributed by atoms with Gasteiger partial charge in [0.05, 0.1) is 16.3 Å². The Hall–Kier alpha value is -1.96. The van der Waals surface area contributed by atoms with Crippen molar-refractivity contribution in [2.75, 3.05) is 5.75 Å². The van der Waals surface area contributed by atoms with Gasteiger partial charge in [0, 0.05) is 0 Å². The van der Waals surface area contributed by atoms with E-state index in [1.807, 2.05) is 6.92 Å². The first kappa shape index (κ1) is 17.8. The van der Waals surface area contributed by atoms with Crippen LogP contribution in [0.25, 0.3) is 0 Å². The molecule has 0 aliphatic heterocycles. The van der Waals surface area contributed by atoms with Crippen molar-refractivity contribution in [3.63, 3.8) is 0 Å². The van der Waals surface area contributed by atoms with E-state index in [2.05, 4.69) is 15.3 Å². The Morgan fingerprint density at radius 1 is 1.28 bits per heavy atom. The highest BCUT2D eigenvalue weighted by Gasteiger charge is 2.09. The molecule has 2 heterocycles. The van der Waals surface area contributed by atoms with Crippen molar-refractivity contribution >= 4 is 41.2 Å². The molecule has 0 radical (unpaired) electrons. The Balaban J connectivity index is 1.64. The maximum absolute atomic E-state index is 6.07. The van der Waals surface area contributed by atoms with Crippen molar-refractivity contribution in [3.8, 4) is 5.75 Å². The van der Waals surface area contributed by atoms with Gasteiger partial charge in [-0.15, -0.1) is 10.2 Å². The Labute approximate surface area is 158 Å². The van der Waals surface area contributed by atoms with Crippen molar-refractivity contribution in [3.05, 3.63) is 58.2 Å². The number of rotatable bonds is 7. The van der Waals surface area contributed by atoms with Crippen LogP contribution < -0.4 is 4.74 Å². The largest absolute Gasteiger partial charge is 0.483 e. The number of hydrogen-bond acceptors (Lipinski definition) is 6. The molecule has 3 rings (SSSR count). The van der Waals surface area contributed by atoms with Gasteiger partial charge in [-0.25, -0.2) is 0 Å². The van der Waals surface area contributed by atoms with Gasteiger partial charge in [0.1, 0.15) is 24.5 Å². The van der Waals surface area contributed by atoms with Gasteiger partial charge in [-0.1, -0.05) is 48.0 Å². The maximum atomic E-state index is 6.07. The number of hydrogen-bond donors (Lipinski definition) is 0. The topological polar surface area (TPSA) is 65.4 Å². The van der Waals surface area contributed by atoms with E-state index >= 15 is 0 Å². The molecule has 3 aromatic rings. The fourth-order valence-corrected chi connectivity index (χ4v) is 3.04. The van der Waals surface area contributed by atoms with E-state index in [1.54, 1.807) is 59.3 Å². The Morgan fingerprint density at radius 3 is 2.84 bits per heavy atom. The summed E-state index contributed by atoms with van der Waals surface area (Å²) in [5.41, 5.74) is 0. The lowest BCUT2D eigenvalue weighted by Gasteiger charge is -2.07. The number of para-hydroxylation sites is 1. The number of aromatic nitrogens is 3. The zero-order valence-corrected chi connectivity index (χ0v) is 15.6. The zero-order valence-electron chi connectivity index (χ0n) is 13.2. The summed E-state index contributed by atoms with van der Waals surface area (Å²) in [4.78, 5) is 0. The molecule has 6 nitrogen and oxygen atoms in total. The van der Waals surface area contributed by atoms with E-state index in [4.69, 9.17) is 32.4 Å². The van der Waals surface area contributed by atoms with Crippen LogP contribution in [0.2, 0.25) is 10.0 Å². The minimum absolute atomic E-state index is 0.209. The average molecular weight is 397 g/mol. The highest BCUT2D eigenvalue weighted by molar-refractivity contribution is 7.99. The van der Waals surface area contributed by atoms with Crippen LogP contribution in [-0.4, -0.2) is 26.8 Å². The molecule has 0 bridgehead atoms. The van der Waals surface area contributed by atoms with Crippen molar-refractivity contribution in [1.29, 1.82) is 0 Å². The van der Waals surface area contributed by atoms with Crippen LogP contribution >= 0.6 is 35.0 Å². The molecule has 0 N–H and O–H groups in total. The summed E-state index contributed by atoms with van der Waals surface area (Å²) in [7, 11) is 0. The lowest BCUT2D eigenvalue weighted by Crippen LogP contribution is -1.95. The van der Waals surface area contributed by atoms with Crippen molar-refractivity contribution in [1.82, 2.24) is 14.9 Å². The predicted octanol–water partition coefficient (Wildman–Crippen LogP) is 4.75. The second-order valence-electron chi connectivity index (χ2n) is 4.78. The van der Waals surface area contributed by atoms with Crippen molar-refractivity contribution < 1.29 is 9.15 Å². The summed E-state index contributed by atoms with van der Waals surface area (Å²) in [6.07, 6.45) is 3.13. The molecule has 0 aliphatic carbocycles. The van der Waals surface area contributed by atoms with E-state index < -0.39 is 0 Å². The number of thioether (sulfide) groups is 1. The molecule has 0 saturated heterocycles. The van der Waals surface area contributed by atoms with E-state index in [9.17, 15) is 0 Å². The first-order chi connectivity index (χ1) is 12.2. The smallest absolute Gasteiger partial charge is 0.211 e. The molecule has 0 unspecified atom stereocenters. The zero-order chi connectivity index (χ0) is 17.6. The molecule has 2 aromatic heterocycles. The Kier molecular flexibility index (Phi) is 6.01. The van der Waals surface area contributed by atoms with Crippen LogP contribution in [0.4, 0.5) is 0 Å². The molecule has 9 heteroatoms. The summed E-state index contributed by atoms with van der Waals surface area (Å²) >= 11 is 13.7. The maximum Gasteiger partial charge on any atom is 0.211 e. The molecule has 0 saturated carbocycles. The first-order valence-electron chi connectivity index (χ1n) is 7.40. The van der Waals surface area contributed by atoms with Gasteiger partial charge >= 0.3 is 0 Å². The number of nitrogens with zero attached hydrogens (tertiary/aromatic N) is 4. The van der Waals surface area contributed by atoms with Gasteiger partial charge in [-0.05, 0) is 30.0 Å². The third-order valence-electron chi connectivity index (χ3n) is 3.04. The van der Waals surface area contributed by atoms with Crippen molar-refractivity contribution in [2.45, 2.75) is 18.7 Å². The van der Waals surface area contributed by atoms with Gasteiger partial charge in [0.25, 0.3) is 0 Å².